The van der Waals surface area contributed by atoms with Gasteiger partial charge in [0.15, 0.2) is 0 Å². The van der Waals surface area contributed by atoms with Crippen molar-refractivity contribution in [3.8, 4) is 5.75 Å². The Hall–Kier alpha value is -2.53. The van der Waals surface area contributed by atoms with E-state index in [0.717, 1.165) is 0 Å². The van der Waals surface area contributed by atoms with E-state index in [0.29, 0.717) is 40.9 Å². The van der Waals surface area contributed by atoms with Gasteiger partial charge >= 0.3 is 0 Å². The number of rotatable bonds is 4. The SMILES string of the molecule is CC(C)CN1C(=O)C(C)(C)COc2ccc(NC(=O)c3ccc(Cl)cc3)cc21. The Bertz CT molecular complexity index is 891. The highest BCUT2D eigenvalue weighted by molar-refractivity contribution is 6.30. The summed E-state index contributed by atoms with van der Waals surface area (Å²) in [5.74, 6) is 0.705. The summed E-state index contributed by atoms with van der Waals surface area (Å²) in [5, 5.41) is 3.46. The Balaban J connectivity index is 1.92. The first-order valence-electron chi connectivity index (χ1n) is 9.33. The molecule has 1 aliphatic heterocycles. The highest BCUT2D eigenvalue weighted by Crippen LogP contribution is 2.38. The second-order valence-corrected chi connectivity index (χ2v) is 8.56. The smallest absolute Gasteiger partial charge is 0.255 e. The number of ether oxygens (including phenoxy) is 1. The van der Waals surface area contributed by atoms with Crippen LogP contribution in [0.5, 0.6) is 5.75 Å². The average Bonchev–Trinajstić information content (AvgIpc) is 2.72. The third-order valence-electron chi connectivity index (χ3n) is 4.57. The summed E-state index contributed by atoms with van der Waals surface area (Å²) < 4.78 is 5.91. The minimum Gasteiger partial charge on any atom is -0.490 e. The minimum atomic E-state index is -0.624. The van der Waals surface area contributed by atoms with Crippen LogP contribution in [0.4, 0.5) is 11.4 Å². The van der Waals surface area contributed by atoms with E-state index >= 15 is 0 Å². The molecule has 0 saturated heterocycles. The van der Waals surface area contributed by atoms with E-state index in [-0.39, 0.29) is 17.7 Å². The first-order chi connectivity index (χ1) is 13.2. The summed E-state index contributed by atoms with van der Waals surface area (Å²) in [4.78, 5) is 27.4. The van der Waals surface area contributed by atoms with E-state index in [4.69, 9.17) is 16.3 Å². The maximum atomic E-state index is 13.1. The number of halogens is 1. The first kappa shape index (κ1) is 20.2. The van der Waals surface area contributed by atoms with Crippen molar-refractivity contribution in [3.05, 3.63) is 53.1 Å². The maximum Gasteiger partial charge on any atom is 0.255 e. The molecular formula is C22H25ClN2O3. The van der Waals surface area contributed by atoms with Crippen molar-refractivity contribution in [2.24, 2.45) is 11.3 Å². The normalized spacial score (nSPS) is 15.6. The van der Waals surface area contributed by atoms with Crippen LogP contribution >= 0.6 is 11.6 Å². The molecule has 28 heavy (non-hydrogen) atoms. The summed E-state index contributed by atoms with van der Waals surface area (Å²) in [6, 6.07) is 12.1. The van der Waals surface area contributed by atoms with Crippen LogP contribution in [-0.4, -0.2) is 25.0 Å². The Labute approximate surface area is 170 Å². The zero-order valence-electron chi connectivity index (χ0n) is 16.6. The fraction of sp³-hybridized carbons (Fsp3) is 0.364. The van der Waals surface area contributed by atoms with Gasteiger partial charge in [-0.3, -0.25) is 9.59 Å². The van der Waals surface area contributed by atoms with Gasteiger partial charge in [-0.2, -0.15) is 0 Å². The Morgan fingerprint density at radius 1 is 1.21 bits per heavy atom. The molecule has 2 aromatic rings. The predicted molar refractivity (Wildman–Crippen MR) is 112 cm³/mol. The Morgan fingerprint density at radius 2 is 1.89 bits per heavy atom. The number of amides is 2. The Morgan fingerprint density at radius 3 is 2.54 bits per heavy atom. The molecule has 0 bridgehead atoms. The van der Waals surface area contributed by atoms with Gasteiger partial charge in [0.25, 0.3) is 5.91 Å². The van der Waals surface area contributed by atoms with Crippen molar-refractivity contribution < 1.29 is 14.3 Å². The van der Waals surface area contributed by atoms with E-state index in [1.165, 1.54) is 0 Å². The molecule has 1 heterocycles. The molecule has 148 valence electrons. The molecule has 0 fully saturated rings. The number of benzene rings is 2. The number of nitrogens with one attached hydrogen (secondary N) is 1. The zero-order valence-corrected chi connectivity index (χ0v) is 17.3. The molecule has 5 nitrogen and oxygen atoms in total. The average molecular weight is 401 g/mol. The van der Waals surface area contributed by atoms with Crippen molar-refractivity contribution in [1.29, 1.82) is 0 Å². The quantitative estimate of drug-likeness (QED) is 0.785. The topological polar surface area (TPSA) is 58.6 Å². The van der Waals surface area contributed by atoms with Gasteiger partial charge in [-0.15, -0.1) is 0 Å². The largest absolute Gasteiger partial charge is 0.490 e. The summed E-state index contributed by atoms with van der Waals surface area (Å²) in [7, 11) is 0. The van der Waals surface area contributed by atoms with Crippen LogP contribution < -0.4 is 15.0 Å². The number of carbonyl (C=O) groups excluding carboxylic acids is 2. The molecular weight excluding hydrogens is 376 g/mol. The van der Waals surface area contributed by atoms with Crippen molar-refractivity contribution in [2.75, 3.05) is 23.4 Å². The van der Waals surface area contributed by atoms with Gasteiger partial charge in [-0.25, -0.2) is 0 Å². The van der Waals surface area contributed by atoms with Crippen molar-refractivity contribution in [2.45, 2.75) is 27.7 Å². The molecule has 1 aliphatic rings. The first-order valence-corrected chi connectivity index (χ1v) is 9.71. The lowest BCUT2D eigenvalue weighted by Crippen LogP contribution is -2.43. The van der Waals surface area contributed by atoms with Crippen LogP contribution in [0.15, 0.2) is 42.5 Å². The molecule has 2 amide bonds. The van der Waals surface area contributed by atoms with E-state index < -0.39 is 5.41 Å². The van der Waals surface area contributed by atoms with Crippen LogP contribution in [0, 0.1) is 11.3 Å². The van der Waals surface area contributed by atoms with E-state index in [9.17, 15) is 9.59 Å². The number of fused-ring (bicyclic) bond motifs is 1. The molecule has 0 spiro atoms. The third kappa shape index (κ3) is 4.30. The second-order valence-electron chi connectivity index (χ2n) is 8.13. The summed E-state index contributed by atoms with van der Waals surface area (Å²) >= 11 is 5.88. The van der Waals surface area contributed by atoms with Crippen LogP contribution in [0.3, 0.4) is 0 Å². The predicted octanol–water partition coefficient (Wildman–Crippen LogP) is 5.00. The highest BCUT2D eigenvalue weighted by atomic mass is 35.5. The maximum absolute atomic E-state index is 13.1. The van der Waals surface area contributed by atoms with Crippen LogP contribution in [0.1, 0.15) is 38.1 Å². The van der Waals surface area contributed by atoms with Gasteiger partial charge in [-0.05, 0) is 62.2 Å². The fourth-order valence-corrected chi connectivity index (χ4v) is 3.20. The number of hydrogen-bond donors (Lipinski definition) is 1. The lowest BCUT2D eigenvalue weighted by molar-refractivity contribution is -0.127. The second kappa shape index (κ2) is 7.84. The lowest BCUT2D eigenvalue weighted by Gasteiger charge is -2.29. The van der Waals surface area contributed by atoms with Gasteiger partial charge in [0, 0.05) is 22.8 Å². The Kier molecular flexibility index (Phi) is 5.66. The molecule has 1 N–H and O–H groups in total. The third-order valence-corrected chi connectivity index (χ3v) is 4.83. The molecule has 0 radical (unpaired) electrons. The standard InChI is InChI=1S/C22H25ClN2O3/c1-14(2)12-25-18-11-17(24-20(26)15-5-7-16(23)8-6-15)9-10-19(18)28-13-22(3,4)21(25)27/h5-11,14H,12-13H2,1-4H3,(H,24,26). The summed E-state index contributed by atoms with van der Waals surface area (Å²) in [6.45, 7) is 8.79. The van der Waals surface area contributed by atoms with Crippen molar-refractivity contribution in [3.63, 3.8) is 0 Å². The number of hydrogen-bond acceptors (Lipinski definition) is 3. The van der Waals surface area contributed by atoms with E-state index in [2.05, 4.69) is 19.2 Å². The van der Waals surface area contributed by atoms with E-state index in [1.807, 2.05) is 13.8 Å². The molecule has 0 unspecified atom stereocenters. The van der Waals surface area contributed by atoms with Gasteiger partial charge in [0.2, 0.25) is 5.91 Å². The van der Waals surface area contributed by atoms with E-state index in [1.54, 1.807) is 47.4 Å². The van der Waals surface area contributed by atoms with Gasteiger partial charge < -0.3 is 15.0 Å². The monoisotopic (exact) mass is 400 g/mol. The van der Waals surface area contributed by atoms with Crippen molar-refractivity contribution in [1.82, 2.24) is 0 Å². The molecule has 6 heteroatoms. The van der Waals surface area contributed by atoms with Gasteiger partial charge in [-0.1, -0.05) is 25.4 Å². The molecule has 2 aromatic carbocycles. The zero-order chi connectivity index (χ0) is 20.5. The summed E-state index contributed by atoms with van der Waals surface area (Å²) in [5.41, 5.74) is 1.16. The van der Waals surface area contributed by atoms with Gasteiger partial charge in [0.05, 0.1) is 11.1 Å². The molecule has 0 aliphatic carbocycles. The van der Waals surface area contributed by atoms with Crippen LogP contribution in [0.2, 0.25) is 5.02 Å². The van der Waals surface area contributed by atoms with Crippen molar-refractivity contribution >= 4 is 34.8 Å². The number of anilines is 2. The van der Waals surface area contributed by atoms with Crippen LogP contribution in [-0.2, 0) is 4.79 Å². The minimum absolute atomic E-state index is 0.0149. The molecule has 0 saturated carbocycles. The molecule has 0 atom stereocenters. The van der Waals surface area contributed by atoms with Gasteiger partial charge in [0.1, 0.15) is 12.4 Å². The fourth-order valence-electron chi connectivity index (χ4n) is 3.07. The highest BCUT2D eigenvalue weighted by Gasteiger charge is 2.38. The lowest BCUT2D eigenvalue weighted by atomic mass is 9.92. The summed E-state index contributed by atoms with van der Waals surface area (Å²) in [6.07, 6.45) is 0. The number of carbonyl (C=O) groups is 2. The van der Waals surface area contributed by atoms with Crippen LogP contribution in [0.25, 0.3) is 0 Å². The molecule has 3 rings (SSSR count). The number of nitrogens with zero attached hydrogens (tertiary/aromatic N) is 1. The molecule has 0 aromatic heterocycles.